The summed E-state index contributed by atoms with van der Waals surface area (Å²) in [5.41, 5.74) is -4.55. The summed E-state index contributed by atoms with van der Waals surface area (Å²) in [6.45, 7) is 2.01. The number of carbonyl (C=O) groups excluding carboxylic acids is 2. The van der Waals surface area contributed by atoms with Crippen LogP contribution in [0.3, 0.4) is 0 Å². The summed E-state index contributed by atoms with van der Waals surface area (Å²) in [6, 6.07) is 3.12. The first kappa shape index (κ1) is 19.0. The molecule has 0 atom stereocenters. The van der Waals surface area contributed by atoms with Gasteiger partial charge in [-0.05, 0) is 25.0 Å². The lowest BCUT2D eigenvalue weighted by atomic mass is 10.2. The number of halogens is 3. The van der Waals surface area contributed by atoms with Gasteiger partial charge in [-0.25, -0.2) is 4.98 Å². The van der Waals surface area contributed by atoms with Crippen LogP contribution >= 0.6 is 11.8 Å². The van der Waals surface area contributed by atoms with Crippen molar-refractivity contribution in [2.75, 3.05) is 32.7 Å². The predicted octanol–water partition coefficient (Wildman–Crippen LogP) is 1.73. The van der Waals surface area contributed by atoms with E-state index in [1.807, 2.05) is 4.90 Å². The van der Waals surface area contributed by atoms with E-state index in [0.717, 1.165) is 12.8 Å². The second-order valence-electron chi connectivity index (χ2n) is 6.31. The van der Waals surface area contributed by atoms with E-state index in [1.54, 1.807) is 0 Å². The van der Waals surface area contributed by atoms with Gasteiger partial charge in [-0.3, -0.25) is 14.5 Å². The first-order chi connectivity index (χ1) is 12.3. The zero-order chi connectivity index (χ0) is 18.7. The molecule has 26 heavy (non-hydrogen) atoms. The second-order valence-corrected chi connectivity index (χ2v) is 7.37. The molecule has 1 aliphatic heterocycles. The Labute approximate surface area is 153 Å². The number of piperazine rings is 1. The molecule has 1 aliphatic carbocycles. The molecule has 1 aromatic rings. The van der Waals surface area contributed by atoms with Crippen molar-refractivity contribution in [3.05, 3.63) is 23.9 Å². The maximum absolute atomic E-state index is 12.6. The van der Waals surface area contributed by atoms with Crippen molar-refractivity contribution >= 4 is 23.6 Å². The lowest BCUT2D eigenvalue weighted by Gasteiger charge is -2.34. The van der Waals surface area contributed by atoms with Gasteiger partial charge in [-0.15, -0.1) is 0 Å². The lowest BCUT2D eigenvalue weighted by Crippen LogP contribution is -2.51. The molecule has 1 aromatic heterocycles. The number of alkyl halides is 3. The number of thioether (sulfide) groups is 1. The Balaban J connectivity index is 1.56. The molecule has 0 unspecified atom stereocenters. The largest absolute Gasteiger partial charge is 0.447 e. The van der Waals surface area contributed by atoms with Gasteiger partial charge in [0.05, 0.1) is 12.1 Å². The number of amides is 2. The van der Waals surface area contributed by atoms with Crippen LogP contribution in [0.1, 0.15) is 23.2 Å². The van der Waals surface area contributed by atoms with Crippen molar-refractivity contribution in [3.63, 3.8) is 0 Å². The third-order valence-corrected chi connectivity index (χ3v) is 4.93. The first-order valence-electron chi connectivity index (χ1n) is 8.33. The fourth-order valence-corrected chi connectivity index (χ4v) is 3.33. The molecule has 0 bridgehead atoms. The van der Waals surface area contributed by atoms with E-state index in [-0.39, 0.29) is 34.8 Å². The molecule has 1 N–H and O–H groups in total. The molecule has 1 saturated carbocycles. The van der Waals surface area contributed by atoms with Crippen LogP contribution in [0.5, 0.6) is 0 Å². The van der Waals surface area contributed by atoms with Gasteiger partial charge in [0.25, 0.3) is 5.91 Å². The number of rotatable bonds is 5. The van der Waals surface area contributed by atoms with Crippen LogP contribution in [0.25, 0.3) is 0 Å². The fourth-order valence-electron chi connectivity index (χ4n) is 2.73. The number of hydrogen-bond acceptors (Lipinski definition) is 5. The second kappa shape index (κ2) is 7.83. The Morgan fingerprint density at radius 2 is 1.92 bits per heavy atom. The highest BCUT2D eigenvalue weighted by molar-refractivity contribution is 8.00. The molecule has 2 amide bonds. The maximum atomic E-state index is 12.6. The molecule has 142 valence electrons. The van der Waals surface area contributed by atoms with Gasteiger partial charge in [0.15, 0.2) is 0 Å². The summed E-state index contributed by atoms with van der Waals surface area (Å²) in [4.78, 5) is 31.6. The van der Waals surface area contributed by atoms with Crippen LogP contribution in [-0.2, 0) is 4.79 Å². The Bertz CT molecular complexity index is 674. The van der Waals surface area contributed by atoms with Gasteiger partial charge in [0.1, 0.15) is 5.03 Å². The standard InChI is InChI=1S/C16H19F3N4O2S/c17-16(18,19)26-14-12(2-1-5-20-14)15(25)23-8-6-22(7-9-23)10-13(24)21-11-3-4-11/h1-2,5,11H,3-4,6-10H2,(H,21,24). The van der Waals surface area contributed by atoms with Crippen LogP contribution < -0.4 is 5.32 Å². The van der Waals surface area contributed by atoms with E-state index < -0.39 is 11.4 Å². The minimum Gasteiger partial charge on any atom is -0.352 e. The smallest absolute Gasteiger partial charge is 0.352 e. The van der Waals surface area contributed by atoms with Crippen molar-refractivity contribution in [2.24, 2.45) is 0 Å². The van der Waals surface area contributed by atoms with Crippen molar-refractivity contribution in [2.45, 2.75) is 29.4 Å². The van der Waals surface area contributed by atoms with E-state index in [9.17, 15) is 22.8 Å². The molecule has 2 fully saturated rings. The number of pyridine rings is 1. The third-order valence-electron chi connectivity index (χ3n) is 4.18. The summed E-state index contributed by atoms with van der Waals surface area (Å²) < 4.78 is 37.9. The minimum absolute atomic E-state index is 0.0246. The molecule has 0 spiro atoms. The van der Waals surface area contributed by atoms with E-state index in [0.29, 0.717) is 32.2 Å². The highest BCUT2D eigenvalue weighted by Crippen LogP contribution is 2.37. The topological polar surface area (TPSA) is 65.5 Å². The summed E-state index contributed by atoms with van der Waals surface area (Å²) in [5, 5.41) is 2.57. The van der Waals surface area contributed by atoms with E-state index in [1.165, 1.54) is 23.2 Å². The number of aromatic nitrogens is 1. The molecule has 1 saturated heterocycles. The first-order valence-corrected chi connectivity index (χ1v) is 9.15. The molecule has 0 aromatic carbocycles. The Morgan fingerprint density at radius 3 is 2.54 bits per heavy atom. The van der Waals surface area contributed by atoms with Crippen molar-refractivity contribution in [1.29, 1.82) is 0 Å². The van der Waals surface area contributed by atoms with Crippen LogP contribution in [0, 0.1) is 0 Å². The van der Waals surface area contributed by atoms with Crippen molar-refractivity contribution < 1.29 is 22.8 Å². The molecule has 6 nitrogen and oxygen atoms in total. The average molecular weight is 388 g/mol. The van der Waals surface area contributed by atoms with Crippen molar-refractivity contribution in [1.82, 2.24) is 20.1 Å². The maximum Gasteiger partial charge on any atom is 0.447 e. The normalized spacial score (nSPS) is 18.7. The SMILES string of the molecule is O=C(CN1CCN(C(=O)c2cccnc2SC(F)(F)F)CC1)NC1CC1. The van der Waals surface area contributed by atoms with Gasteiger partial charge in [0, 0.05) is 50.2 Å². The number of nitrogens with one attached hydrogen (secondary N) is 1. The molecule has 3 rings (SSSR count). The molecule has 2 aliphatic rings. The monoisotopic (exact) mass is 388 g/mol. The van der Waals surface area contributed by atoms with E-state index in [2.05, 4.69) is 10.3 Å². The molecule has 2 heterocycles. The van der Waals surface area contributed by atoms with Gasteiger partial charge in [-0.1, -0.05) is 0 Å². The number of hydrogen-bond donors (Lipinski definition) is 1. The summed E-state index contributed by atoms with van der Waals surface area (Å²) in [5.74, 6) is -0.490. The average Bonchev–Trinajstić information content (AvgIpc) is 3.38. The summed E-state index contributed by atoms with van der Waals surface area (Å²) >= 11 is -0.382. The quantitative estimate of drug-likeness (QED) is 0.779. The third kappa shape index (κ3) is 5.34. The molecule has 10 heteroatoms. The van der Waals surface area contributed by atoms with Crippen LogP contribution in [0.15, 0.2) is 23.4 Å². The van der Waals surface area contributed by atoms with Gasteiger partial charge >= 0.3 is 5.51 Å². The zero-order valence-corrected chi connectivity index (χ0v) is 14.8. The van der Waals surface area contributed by atoms with Crippen LogP contribution in [-0.4, -0.2) is 70.9 Å². The number of nitrogens with zero attached hydrogens (tertiary/aromatic N) is 3. The molecule has 0 radical (unpaired) electrons. The van der Waals surface area contributed by atoms with Gasteiger partial charge in [-0.2, -0.15) is 13.2 Å². The van der Waals surface area contributed by atoms with Crippen molar-refractivity contribution in [3.8, 4) is 0 Å². The predicted molar refractivity (Wildman–Crippen MR) is 89.7 cm³/mol. The van der Waals surface area contributed by atoms with Gasteiger partial charge < -0.3 is 10.2 Å². The summed E-state index contributed by atoms with van der Waals surface area (Å²) in [7, 11) is 0. The Kier molecular flexibility index (Phi) is 5.71. The van der Waals surface area contributed by atoms with Crippen LogP contribution in [0.4, 0.5) is 13.2 Å². The Hall–Kier alpha value is -1.81. The van der Waals surface area contributed by atoms with Crippen LogP contribution in [0.2, 0.25) is 0 Å². The minimum atomic E-state index is -4.50. The number of carbonyl (C=O) groups is 2. The fraction of sp³-hybridized carbons (Fsp3) is 0.562. The zero-order valence-electron chi connectivity index (χ0n) is 14.0. The molecular formula is C16H19F3N4O2S. The lowest BCUT2D eigenvalue weighted by molar-refractivity contribution is -0.122. The Morgan fingerprint density at radius 1 is 1.23 bits per heavy atom. The molecular weight excluding hydrogens is 369 g/mol. The van der Waals surface area contributed by atoms with E-state index >= 15 is 0 Å². The van der Waals surface area contributed by atoms with E-state index in [4.69, 9.17) is 0 Å². The highest BCUT2D eigenvalue weighted by Gasteiger charge is 2.33. The highest BCUT2D eigenvalue weighted by atomic mass is 32.2. The summed E-state index contributed by atoms with van der Waals surface area (Å²) in [6.07, 6.45) is 3.29. The van der Waals surface area contributed by atoms with Gasteiger partial charge in [0.2, 0.25) is 5.91 Å².